The molecule has 0 atom stereocenters. The van der Waals surface area contributed by atoms with Crippen LogP contribution < -0.4 is 4.74 Å². The van der Waals surface area contributed by atoms with E-state index in [-0.39, 0.29) is 17.5 Å². The largest absolute Gasteiger partial charge is 0.478 e. The second kappa shape index (κ2) is 5.61. The Hall–Kier alpha value is -2.22. The number of carboxylic acid groups (broad SMARTS) is 1. The average molecular weight is 268 g/mol. The zero-order valence-corrected chi connectivity index (χ0v) is 9.94. The van der Waals surface area contributed by atoms with Crippen molar-refractivity contribution >= 4 is 11.7 Å². The van der Waals surface area contributed by atoms with Crippen LogP contribution in [-0.2, 0) is 4.74 Å². The van der Waals surface area contributed by atoms with Gasteiger partial charge >= 0.3 is 11.7 Å². The molecule has 0 spiro atoms. The Kier molecular flexibility index (Phi) is 3.91. The van der Waals surface area contributed by atoms with E-state index >= 15 is 0 Å². The molecule has 0 saturated carbocycles. The van der Waals surface area contributed by atoms with E-state index in [1.165, 1.54) is 0 Å². The predicted octanol–water partition coefficient (Wildman–Crippen LogP) is 1.25. The molecule has 0 unspecified atom stereocenters. The van der Waals surface area contributed by atoms with Gasteiger partial charge in [-0.15, -0.1) is 0 Å². The van der Waals surface area contributed by atoms with Crippen LogP contribution in [0.3, 0.4) is 0 Å². The number of rotatable bonds is 4. The third-order valence-corrected chi connectivity index (χ3v) is 2.72. The number of nitrogens with zero attached hydrogens (tertiary/aromatic N) is 2. The summed E-state index contributed by atoms with van der Waals surface area (Å²) < 4.78 is 10.6. The third kappa shape index (κ3) is 3.16. The summed E-state index contributed by atoms with van der Waals surface area (Å²) in [5.74, 6) is -1.42. The number of aromatic nitrogens is 1. The smallest absolute Gasteiger partial charge is 0.337 e. The van der Waals surface area contributed by atoms with Crippen molar-refractivity contribution in [2.75, 3.05) is 13.2 Å². The van der Waals surface area contributed by atoms with E-state index in [0.717, 1.165) is 12.3 Å². The summed E-state index contributed by atoms with van der Waals surface area (Å²) in [4.78, 5) is 24.7. The van der Waals surface area contributed by atoms with Gasteiger partial charge in [-0.1, -0.05) is 0 Å². The van der Waals surface area contributed by atoms with Crippen molar-refractivity contribution in [3.8, 4) is 5.88 Å². The summed E-state index contributed by atoms with van der Waals surface area (Å²) in [5.41, 5.74) is -0.683. The second-order valence-electron chi connectivity index (χ2n) is 4.04. The summed E-state index contributed by atoms with van der Waals surface area (Å²) in [7, 11) is 0. The number of ether oxygens (including phenoxy) is 2. The van der Waals surface area contributed by atoms with Crippen molar-refractivity contribution in [3.63, 3.8) is 0 Å². The quantitative estimate of drug-likeness (QED) is 0.645. The fourth-order valence-corrected chi connectivity index (χ4v) is 1.73. The highest BCUT2D eigenvalue weighted by Crippen LogP contribution is 2.27. The van der Waals surface area contributed by atoms with Gasteiger partial charge in [0.25, 0.3) is 5.88 Å². The monoisotopic (exact) mass is 268 g/mol. The standard InChI is InChI=1S/C11H12N2O6/c14-11(15)7-5-9(13(16)17)10(12-6-7)19-8-1-3-18-4-2-8/h5-6,8H,1-4H2,(H,14,15). The maximum atomic E-state index is 10.9. The van der Waals surface area contributed by atoms with Crippen LogP contribution in [-0.4, -0.2) is 40.3 Å². The zero-order chi connectivity index (χ0) is 13.8. The highest BCUT2D eigenvalue weighted by atomic mass is 16.6. The topological polar surface area (TPSA) is 112 Å². The number of carbonyl (C=O) groups is 1. The van der Waals surface area contributed by atoms with E-state index in [0.29, 0.717) is 26.1 Å². The van der Waals surface area contributed by atoms with Gasteiger partial charge in [-0.05, 0) is 0 Å². The van der Waals surface area contributed by atoms with E-state index in [1.54, 1.807) is 0 Å². The second-order valence-corrected chi connectivity index (χ2v) is 4.04. The Balaban J connectivity index is 2.23. The van der Waals surface area contributed by atoms with E-state index in [2.05, 4.69) is 4.98 Å². The van der Waals surface area contributed by atoms with Gasteiger partial charge in [-0.3, -0.25) is 10.1 Å². The summed E-state index contributed by atoms with van der Waals surface area (Å²) in [6.45, 7) is 1.07. The molecule has 19 heavy (non-hydrogen) atoms. The zero-order valence-electron chi connectivity index (χ0n) is 9.94. The minimum atomic E-state index is -1.27. The van der Waals surface area contributed by atoms with Crippen molar-refractivity contribution in [3.05, 3.63) is 27.9 Å². The van der Waals surface area contributed by atoms with Crippen LogP contribution in [0.25, 0.3) is 0 Å². The van der Waals surface area contributed by atoms with Crippen molar-refractivity contribution in [1.82, 2.24) is 4.98 Å². The molecule has 1 aromatic rings. The molecule has 0 aliphatic carbocycles. The molecule has 0 aromatic carbocycles. The normalized spacial score (nSPS) is 16.0. The molecule has 1 aromatic heterocycles. The Morgan fingerprint density at radius 3 is 2.79 bits per heavy atom. The molecule has 1 aliphatic heterocycles. The number of aromatic carboxylic acids is 1. The Bertz CT molecular complexity index is 498. The maximum absolute atomic E-state index is 10.9. The molecule has 1 fully saturated rings. The first-order valence-corrected chi connectivity index (χ1v) is 5.70. The summed E-state index contributed by atoms with van der Waals surface area (Å²) in [6, 6.07) is 0.948. The number of hydrogen-bond donors (Lipinski definition) is 1. The Labute approximate surface area is 108 Å². The predicted molar refractivity (Wildman–Crippen MR) is 62.3 cm³/mol. The number of hydrogen-bond acceptors (Lipinski definition) is 6. The molecule has 2 rings (SSSR count). The lowest BCUT2D eigenvalue weighted by Crippen LogP contribution is -2.26. The fourth-order valence-electron chi connectivity index (χ4n) is 1.73. The van der Waals surface area contributed by atoms with Crippen molar-refractivity contribution in [2.24, 2.45) is 0 Å². The maximum Gasteiger partial charge on any atom is 0.337 e. The molecule has 0 amide bonds. The van der Waals surface area contributed by atoms with Crippen LogP contribution >= 0.6 is 0 Å². The summed E-state index contributed by atoms with van der Waals surface area (Å²) >= 11 is 0. The molecule has 1 saturated heterocycles. The number of pyridine rings is 1. The number of nitro groups is 1. The van der Waals surface area contributed by atoms with Gasteiger partial charge in [-0.25, -0.2) is 9.78 Å². The Morgan fingerprint density at radius 2 is 2.21 bits per heavy atom. The van der Waals surface area contributed by atoms with Crippen LogP contribution in [0.15, 0.2) is 12.3 Å². The van der Waals surface area contributed by atoms with Crippen molar-refractivity contribution < 1.29 is 24.3 Å². The molecule has 2 heterocycles. The molecule has 1 N–H and O–H groups in total. The lowest BCUT2D eigenvalue weighted by Gasteiger charge is -2.22. The van der Waals surface area contributed by atoms with Gasteiger partial charge in [-0.2, -0.15) is 0 Å². The molecule has 0 radical (unpaired) electrons. The molecule has 0 bridgehead atoms. The van der Waals surface area contributed by atoms with E-state index in [1.807, 2.05) is 0 Å². The highest BCUT2D eigenvalue weighted by molar-refractivity contribution is 5.88. The van der Waals surface area contributed by atoms with Gasteiger partial charge in [0, 0.05) is 25.1 Å². The lowest BCUT2D eigenvalue weighted by molar-refractivity contribution is -0.386. The lowest BCUT2D eigenvalue weighted by atomic mass is 10.1. The SMILES string of the molecule is O=C(O)c1cnc(OC2CCOCC2)c([N+](=O)[O-])c1. The van der Waals surface area contributed by atoms with E-state index < -0.39 is 16.6 Å². The van der Waals surface area contributed by atoms with Crippen molar-refractivity contribution in [1.29, 1.82) is 0 Å². The van der Waals surface area contributed by atoms with Crippen LogP contribution in [0.4, 0.5) is 5.69 Å². The molecular formula is C11H12N2O6. The first-order chi connectivity index (χ1) is 9.08. The Morgan fingerprint density at radius 1 is 1.53 bits per heavy atom. The van der Waals surface area contributed by atoms with Gasteiger partial charge in [0.2, 0.25) is 0 Å². The minimum absolute atomic E-state index is 0.151. The van der Waals surface area contributed by atoms with Crippen LogP contribution in [0.5, 0.6) is 5.88 Å². The first-order valence-electron chi connectivity index (χ1n) is 5.70. The van der Waals surface area contributed by atoms with E-state index in [4.69, 9.17) is 14.6 Å². The number of carboxylic acids is 1. The molecule has 1 aliphatic rings. The van der Waals surface area contributed by atoms with Crippen LogP contribution in [0.1, 0.15) is 23.2 Å². The van der Waals surface area contributed by atoms with Crippen LogP contribution in [0, 0.1) is 10.1 Å². The highest BCUT2D eigenvalue weighted by Gasteiger charge is 2.24. The summed E-state index contributed by atoms with van der Waals surface area (Å²) in [5, 5.41) is 19.7. The first kappa shape index (κ1) is 13.2. The van der Waals surface area contributed by atoms with Crippen molar-refractivity contribution in [2.45, 2.75) is 18.9 Å². The fraction of sp³-hybridized carbons (Fsp3) is 0.455. The van der Waals surface area contributed by atoms with Crippen LogP contribution in [0.2, 0.25) is 0 Å². The molecule has 8 nitrogen and oxygen atoms in total. The average Bonchev–Trinajstić information content (AvgIpc) is 2.39. The molecular weight excluding hydrogens is 256 g/mol. The van der Waals surface area contributed by atoms with Gasteiger partial charge in [0.1, 0.15) is 6.10 Å². The summed E-state index contributed by atoms with van der Waals surface area (Å²) in [6.07, 6.45) is 2.10. The van der Waals surface area contributed by atoms with E-state index in [9.17, 15) is 14.9 Å². The third-order valence-electron chi connectivity index (χ3n) is 2.72. The van der Waals surface area contributed by atoms with Gasteiger partial charge in [0.05, 0.1) is 23.7 Å². The molecule has 102 valence electrons. The van der Waals surface area contributed by atoms with Gasteiger partial charge in [0.15, 0.2) is 0 Å². The minimum Gasteiger partial charge on any atom is -0.478 e. The van der Waals surface area contributed by atoms with Gasteiger partial charge < -0.3 is 14.6 Å². The molecule has 8 heteroatoms.